The molecule has 0 aliphatic carbocycles. The van der Waals surface area contributed by atoms with E-state index in [0.717, 1.165) is 6.42 Å². The smallest absolute Gasteiger partial charge is 0.269 e. The van der Waals surface area contributed by atoms with Gasteiger partial charge in [0, 0.05) is 24.4 Å². The summed E-state index contributed by atoms with van der Waals surface area (Å²) in [6.45, 7) is 6.27. The Balaban J connectivity index is 2.07. The van der Waals surface area contributed by atoms with Crippen molar-refractivity contribution in [2.24, 2.45) is 0 Å². The number of nitro groups is 1. The summed E-state index contributed by atoms with van der Waals surface area (Å²) in [4.78, 5) is 22.6. The molecule has 0 spiro atoms. The summed E-state index contributed by atoms with van der Waals surface area (Å²) in [5.74, 6) is -0.228. The number of anilines is 1. The van der Waals surface area contributed by atoms with Crippen LogP contribution in [0, 0.1) is 10.1 Å². The van der Waals surface area contributed by atoms with E-state index in [4.69, 9.17) is 0 Å². The first-order valence-electron chi connectivity index (χ1n) is 7.44. The van der Waals surface area contributed by atoms with Crippen LogP contribution >= 0.6 is 0 Å². The maximum absolute atomic E-state index is 12.5. The number of nitro benzene ring substituents is 1. The summed E-state index contributed by atoms with van der Waals surface area (Å²) < 4.78 is 13.9. The van der Waals surface area contributed by atoms with Crippen LogP contribution in [-0.4, -0.2) is 36.7 Å². The summed E-state index contributed by atoms with van der Waals surface area (Å²) in [7, 11) is -1.25. The molecule has 23 heavy (non-hydrogen) atoms. The Hall–Kier alpha value is -1.80. The molecule has 2 atom stereocenters. The van der Waals surface area contributed by atoms with E-state index in [9.17, 15) is 19.1 Å². The van der Waals surface area contributed by atoms with Crippen molar-refractivity contribution in [3.63, 3.8) is 0 Å². The first-order chi connectivity index (χ1) is 10.7. The van der Waals surface area contributed by atoms with E-state index in [0.29, 0.717) is 18.7 Å². The van der Waals surface area contributed by atoms with Crippen LogP contribution in [0.4, 0.5) is 11.4 Å². The van der Waals surface area contributed by atoms with Gasteiger partial charge in [0.05, 0.1) is 9.67 Å². The third-order valence-electron chi connectivity index (χ3n) is 3.59. The minimum absolute atomic E-state index is 0.0284. The zero-order valence-corrected chi connectivity index (χ0v) is 14.3. The van der Waals surface area contributed by atoms with Gasteiger partial charge in [-0.05, 0) is 45.7 Å². The van der Waals surface area contributed by atoms with E-state index in [1.165, 1.54) is 24.3 Å². The van der Waals surface area contributed by atoms with Crippen molar-refractivity contribution < 1.29 is 13.9 Å². The zero-order chi connectivity index (χ0) is 17.2. The maximum atomic E-state index is 12.5. The van der Waals surface area contributed by atoms with Gasteiger partial charge >= 0.3 is 0 Å². The molecule has 0 bridgehead atoms. The Morgan fingerprint density at radius 1 is 1.35 bits per heavy atom. The predicted molar refractivity (Wildman–Crippen MR) is 89.3 cm³/mol. The highest BCUT2D eigenvalue weighted by Crippen LogP contribution is 2.26. The molecular formula is C15H21N3O4S. The number of nitrogens with zero attached hydrogens (tertiary/aromatic N) is 2. The van der Waals surface area contributed by atoms with Crippen LogP contribution in [0.25, 0.3) is 0 Å². The highest BCUT2D eigenvalue weighted by Gasteiger charge is 2.38. The topological polar surface area (TPSA) is 92.6 Å². The molecule has 2 rings (SSSR count). The van der Waals surface area contributed by atoms with Gasteiger partial charge in [0.25, 0.3) is 5.69 Å². The molecule has 1 unspecified atom stereocenters. The second-order valence-electron chi connectivity index (χ2n) is 6.45. The monoisotopic (exact) mass is 339 g/mol. The van der Waals surface area contributed by atoms with Gasteiger partial charge in [0.15, 0.2) is 0 Å². The Labute approximate surface area is 137 Å². The maximum Gasteiger partial charge on any atom is 0.269 e. The van der Waals surface area contributed by atoms with Crippen molar-refractivity contribution in [3.8, 4) is 0 Å². The lowest BCUT2D eigenvalue weighted by Crippen LogP contribution is -2.45. The average Bonchev–Trinajstić information content (AvgIpc) is 2.95. The molecule has 1 N–H and O–H groups in total. The van der Waals surface area contributed by atoms with Crippen molar-refractivity contribution in [1.82, 2.24) is 4.31 Å². The van der Waals surface area contributed by atoms with E-state index in [2.05, 4.69) is 5.32 Å². The number of carbonyl (C=O) groups excluding carboxylic acids is 1. The number of hydrogen-bond acceptors (Lipinski definition) is 4. The van der Waals surface area contributed by atoms with E-state index in [-0.39, 0.29) is 11.6 Å². The van der Waals surface area contributed by atoms with Crippen molar-refractivity contribution >= 4 is 28.3 Å². The fourth-order valence-electron chi connectivity index (χ4n) is 2.44. The standard InChI is InChI=1S/C15H21N3O4S/c1-15(2,3)23(22)17-10-4-5-13(17)14(19)16-11-6-8-12(9-7-11)18(20)21/h6-9,13H,4-5,10H2,1-3H3,(H,16,19)/t13-,23?/m0/s1. The van der Waals surface area contributed by atoms with E-state index in [1.54, 1.807) is 4.31 Å². The lowest BCUT2D eigenvalue weighted by Gasteiger charge is -2.29. The fraction of sp³-hybridized carbons (Fsp3) is 0.533. The number of hydrogen-bond donors (Lipinski definition) is 1. The predicted octanol–water partition coefficient (Wildman–Crippen LogP) is 2.46. The second-order valence-corrected chi connectivity index (χ2v) is 8.65. The highest BCUT2D eigenvalue weighted by molar-refractivity contribution is 7.84. The molecule has 1 aliphatic heterocycles. The molecule has 1 aliphatic rings. The van der Waals surface area contributed by atoms with Crippen molar-refractivity contribution in [2.45, 2.75) is 44.4 Å². The Bertz CT molecular complexity index is 625. The van der Waals surface area contributed by atoms with Gasteiger partial charge in [-0.3, -0.25) is 14.9 Å². The van der Waals surface area contributed by atoms with Gasteiger partial charge in [0.1, 0.15) is 17.0 Å². The quantitative estimate of drug-likeness (QED) is 0.673. The second kappa shape index (κ2) is 6.76. The van der Waals surface area contributed by atoms with E-state index < -0.39 is 26.7 Å². The first-order valence-corrected chi connectivity index (χ1v) is 8.55. The molecule has 0 radical (unpaired) electrons. The number of amides is 1. The molecule has 0 saturated carbocycles. The van der Waals surface area contributed by atoms with Crippen molar-refractivity contribution in [2.75, 3.05) is 11.9 Å². The molecule has 1 heterocycles. The zero-order valence-electron chi connectivity index (χ0n) is 13.4. The summed E-state index contributed by atoms with van der Waals surface area (Å²) in [6, 6.07) is 5.24. The molecule has 1 aromatic carbocycles. The molecule has 0 aromatic heterocycles. The van der Waals surface area contributed by atoms with Crippen LogP contribution in [0.3, 0.4) is 0 Å². The molecule has 8 heteroatoms. The third kappa shape index (κ3) is 4.14. The van der Waals surface area contributed by atoms with Crippen LogP contribution in [0.15, 0.2) is 24.3 Å². The van der Waals surface area contributed by atoms with Crippen LogP contribution in [0.5, 0.6) is 0 Å². The minimum atomic E-state index is -1.25. The number of benzene rings is 1. The van der Waals surface area contributed by atoms with Crippen molar-refractivity contribution in [3.05, 3.63) is 34.4 Å². The van der Waals surface area contributed by atoms with Crippen LogP contribution in [0.2, 0.25) is 0 Å². The first kappa shape index (κ1) is 17.6. The third-order valence-corrected chi connectivity index (χ3v) is 5.50. The number of rotatable bonds is 4. The summed E-state index contributed by atoms with van der Waals surface area (Å²) in [5.41, 5.74) is 0.466. The SMILES string of the molecule is CC(C)(C)S(=O)N1CCC[C@H]1C(=O)Nc1ccc([N+](=O)[O-])cc1. The minimum Gasteiger partial charge on any atom is -0.325 e. The van der Waals surface area contributed by atoms with E-state index >= 15 is 0 Å². The Morgan fingerprint density at radius 3 is 2.48 bits per heavy atom. The lowest BCUT2D eigenvalue weighted by atomic mass is 10.2. The Morgan fingerprint density at radius 2 is 1.96 bits per heavy atom. The highest BCUT2D eigenvalue weighted by atomic mass is 32.2. The number of carbonyl (C=O) groups is 1. The molecule has 1 aromatic rings. The van der Waals surface area contributed by atoms with Crippen LogP contribution < -0.4 is 5.32 Å². The van der Waals surface area contributed by atoms with Gasteiger partial charge in [-0.15, -0.1) is 0 Å². The van der Waals surface area contributed by atoms with Gasteiger partial charge in [-0.25, -0.2) is 8.51 Å². The number of non-ortho nitro benzene ring substituents is 1. The fourth-order valence-corrected chi connectivity index (χ4v) is 3.88. The number of nitrogens with one attached hydrogen (secondary N) is 1. The molecule has 1 fully saturated rings. The van der Waals surface area contributed by atoms with Crippen LogP contribution in [0.1, 0.15) is 33.6 Å². The normalized spacial score (nSPS) is 20.2. The largest absolute Gasteiger partial charge is 0.325 e. The van der Waals surface area contributed by atoms with Gasteiger partial charge in [0.2, 0.25) is 5.91 Å². The Kier molecular flexibility index (Phi) is 5.16. The summed E-state index contributed by atoms with van der Waals surface area (Å²) in [5, 5.41) is 13.4. The van der Waals surface area contributed by atoms with Gasteiger partial charge < -0.3 is 5.32 Å². The molecule has 126 valence electrons. The summed E-state index contributed by atoms with van der Waals surface area (Å²) >= 11 is 0. The lowest BCUT2D eigenvalue weighted by molar-refractivity contribution is -0.384. The molecule has 1 amide bonds. The van der Waals surface area contributed by atoms with Crippen molar-refractivity contribution in [1.29, 1.82) is 0 Å². The van der Waals surface area contributed by atoms with Gasteiger partial charge in [-0.2, -0.15) is 0 Å². The van der Waals surface area contributed by atoms with Crippen LogP contribution in [-0.2, 0) is 15.8 Å². The molecule has 7 nitrogen and oxygen atoms in total. The summed E-state index contributed by atoms with van der Waals surface area (Å²) in [6.07, 6.45) is 1.47. The van der Waals surface area contributed by atoms with Gasteiger partial charge in [-0.1, -0.05) is 0 Å². The molecule has 1 saturated heterocycles. The van der Waals surface area contributed by atoms with E-state index in [1.807, 2.05) is 20.8 Å². The molecular weight excluding hydrogens is 318 g/mol. The average molecular weight is 339 g/mol.